The molecular weight excluding hydrogens is 440 g/mol. The van der Waals surface area contributed by atoms with Gasteiger partial charge in [-0.25, -0.2) is 9.97 Å². The summed E-state index contributed by atoms with van der Waals surface area (Å²) < 4.78 is 5.88. The molecule has 0 spiro atoms. The van der Waals surface area contributed by atoms with E-state index >= 15 is 0 Å². The second-order valence-electron chi connectivity index (χ2n) is 9.10. The summed E-state index contributed by atoms with van der Waals surface area (Å²) in [5, 5.41) is 5.12. The van der Waals surface area contributed by atoms with Crippen LogP contribution in [0.1, 0.15) is 25.3 Å². The maximum atomic E-state index is 14.0. The van der Waals surface area contributed by atoms with Gasteiger partial charge in [0.25, 0.3) is 0 Å². The maximum Gasteiger partial charge on any atom is 0.232 e. The predicted octanol–water partition coefficient (Wildman–Crippen LogP) is 2.81. The minimum Gasteiger partial charge on any atom is -0.377 e. The number of halogens is 1. The van der Waals surface area contributed by atoms with E-state index in [1.165, 1.54) is 0 Å². The van der Waals surface area contributed by atoms with Gasteiger partial charge in [0.1, 0.15) is 17.8 Å². The van der Waals surface area contributed by atoms with Gasteiger partial charge in [-0.15, -0.1) is 0 Å². The number of anilines is 1. The monoisotopic (exact) mass is 468 g/mol. The molecule has 2 aliphatic rings. The molecule has 3 aromatic rings. The standard InChI is InChI=1S/C24H29ClN6O2/c1-15(2)27-9-21(16-3-5-17(25)6-4-16)24(32)31-18-10-30(11-19(31)13-33-12-18)23-20-7-8-26-22(20)28-14-29-23/h3-8,14-15,18-19,21,27H,9-13H2,1-2H3,(H,26,28,29)/t18?,19?,21-/m1/s1. The zero-order valence-electron chi connectivity index (χ0n) is 18.9. The van der Waals surface area contributed by atoms with E-state index in [0.717, 1.165) is 22.4 Å². The first kappa shape index (κ1) is 22.1. The van der Waals surface area contributed by atoms with Gasteiger partial charge in [-0.2, -0.15) is 0 Å². The smallest absolute Gasteiger partial charge is 0.232 e. The zero-order valence-corrected chi connectivity index (χ0v) is 19.6. The number of carbonyl (C=O) groups excluding carboxylic acids is 1. The van der Waals surface area contributed by atoms with Crippen LogP contribution in [0.25, 0.3) is 11.0 Å². The Kier molecular flexibility index (Phi) is 6.23. The Morgan fingerprint density at radius 1 is 1.18 bits per heavy atom. The highest BCUT2D eigenvalue weighted by molar-refractivity contribution is 6.30. The fourth-order valence-electron chi connectivity index (χ4n) is 4.88. The summed E-state index contributed by atoms with van der Waals surface area (Å²) in [4.78, 5) is 30.3. The quantitative estimate of drug-likeness (QED) is 0.578. The number of aromatic nitrogens is 3. The molecule has 2 saturated heterocycles. The number of hydrogen-bond acceptors (Lipinski definition) is 6. The Bertz CT molecular complexity index is 1100. The molecule has 1 amide bonds. The van der Waals surface area contributed by atoms with Gasteiger partial charge < -0.3 is 24.8 Å². The van der Waals surface area contributed by atoms with Crippen molar-refractivity contribution in [3.05, 3.63) is 53.4 Å². The minimum absolute atomic E-state index is 0.0391. The van der Waals surface area contributed by atoms with E-state index in [0.29, 0.717) is 37.9 Å². The summed E-state index contributed by atoms with van der Waals surface area (Å²) in [6.45, 7) is 7.14. The van der Waals surface area contributed by atoms with E-state index in [9.17, 15) is 4.79 Å². The van der Waals surface area contributed by atoms with Crippen molar-refractivity contribution in [2.75, 3.05) is 37.7 Å². The average Bonchev–Trinajstić information content (AvgIpc) is 3.28. The normalized spacial score (nSPS) is 21.6. The topological polar surface area (TPSA) is 86.4 Å². The largest absolute Gasteiger partial charge is 0.377 e. The molecule has 2 aliphatic heterocycles. The number of hydrogen-bond donors (Lipinski definition) is 2. The second kappa shape index (κ2) is 9.29. The third-order valence-electron chi connectivity index (χ3n) is 6.46. The molecule has 9 heteroatoms. The average molecular weight is 469 g/mol. The summed E-state index contributed by atoms with van der Waals surface area (Å²) >= 11 is 6.11. The summed E-state index contributed by atoms with van der Waals surface area (Å²) in [6.07, 6.45) is 3.47. The molecular formula is C24H29ClN6O2. The third-order valence-corrected chi connectivity index (χ3v) is 6.71. The number of piperazine rings is 1. The van der Waals surface area contributed by atoms with Crippen molar-refractivity contribution in [2.45, 2.75) is 37.9 Å². The molecule has 2 aromatic heterocycles. The molecule has 0 radical (unpaired) electrons. The van der Waals surface area contributed by atoms with Crippen molar-refractivity contribution >= 4 is 34.4 Å². The fraction of sp³-hybridized carbons (Fsp3) is 0.458. The molecule has 33 heavy (non-hydrogen) atoms. The highest BCUT2D eigenvalue weighted by Gasteiger charge is 2.43. The lowest BCUT2D eigenvalue weighted by atomic mass is 9.93. The number of amides is 1. The molecule has 1 aromatic carbocycles. The van der Waals surface area contributed by atoms with Crippen LogP contribution in [0.4, 0.5) is 5.82 Å². The summed E-state index contributed by atoms with van der Waals surface area (Å²) in [7, 11) is 0. The van der Waals surface area contributed by atoms with Gasteiger partial charge in [-0.1, -0.05) is 37.6 Å². The number of benzene rings is 1. The number of nitrogens with one attached hydrogen (secondary N) is 2. The summed E-state index contributed by atoms with van der Waals surface area (Å²) in [6, 6.07) is 9.83. The summed E-state index contributed by atoms with van der Waals surface area (Å²) in [5.74, 6) is 0.758. The molecule has 0 aliphatic carbocycles. The Morgan fingerprint density at radius 3 is 2.61 bits per heavy atom. The van der Waals surface area contributed by atoms with Crippen LogP contribution in [-0.2, 0) is 9.53 Å². The maximum absolute atomic E-state index is 14.0. The van der Waals surface area contributed by atoms with Crippen LogP contribution < -0.4 is 10.2 Å². The SMILES string of the molecule is CC(C)NC[C@@H](C(=O)N1C2COCC1CN(c1ncnc3[nH]ccc13)C2)c1ccc(Cl)cc1. The molecule has 174 valence electrons. The van der Waals surface area contributed by atoms with Crippen molar-refractivity contribution in [1.82, 2.24) is 25.2 Å². The van der Waals surface area contributed by atoms with Crippen LogP contribution in [0.15, 0.2) is 42.9 Å². The minimum atomic E-state index is -0.283. The van der Waals surface area contributed by atoms with Crippen LogP contribution >= 0.6 is 11.6 Å². The number of ether oxygens (including phenoxy) is 1. The van der Waals surface area contributed by atoms with Crippen molar-refractivity contribution in [3.8, 4) is 0 Å². The van der Waals surface area contributed by atoms with Gasteiger partial charge in [0.2, 0.25) is 5.91 Å². The summed E-state index contributed by atoms with van der Waals surface area (Å²) in [5.41, 5.74) is 1.80. The molecule has 2 unspecified atom stereocenters. The van der Waals surface area contributed by atoms with Gasteiger partial charge in [0.15, 0.2) is 0 Å². The van der Waals surface area contributed by atoms with Gasteiger partial charge in [0.05, 0.1) is 36.6 Å². The van der Waals surface area contributed by atoms with Gasteiger partial charge in [-0.3, -0.25) is 4.79 Å². The Hall–Kier alpha value is -2.68. The third kappa shape index (κ3) is 4.43. The van der Waals surface area contributed by atoms with E-state index in [-0.39, 0.29) is 30.0 Å². The van der Waals surface area contributed by atoms with Crippen molar-refractivity contribution < 1.29 is 9.53 Å². The van der Waals surface area contributed by atoms with Gasteiger partial charge in [-0.05, 0) is 23.8 Å². The first-order chi connectivity index (χ1) is 16.0. The Balaban J connectivity index is 1.41. The number of fused-ring (bicyclic) bond motifs is 3. The number of nitrogens with zero attached hydrogens (tertiary/aromatic N) is 4. The molecule has 3 atom stereocenters. The van der Waals surface area contributed by atoms with E-state index in [1.54, 1.807) is 6.33 Å². The molecule has 0 saturated carbocycles. The number of aromatic amines is 1. The van der Waals surface area contributed by atoms with Crippen LogP contribution in [0, 0.1) is 0 Å². The first-order valence-electron chi connectivity index (χ1n) is 11.4. The number of morpholine rings is 1. The van der Waals surface area contributed by atoms with Crippen molar-refractivity contribution in [1.29, 1.82) is 0 Å². The molecule has 5 rings (SSSR count). The molecule has 2 bridgehead atoms. The Morgan fingerprint density at radius 2 is 1.91 bits per heavy atom. The molecule has 4 heterocycles. The lowest BCUT2D eigenvalue weighted by Crippen LogP contribution is -2.67. The van der Waals surface area contributed by atoms with Gasteiger partial charge in [0, 0.05) is 36.9 Å². The Labute approximate surface area is 198 Å². The van der Waals surface area contributed by atoms with Crippen LogP contribution in [0.3, 0.4) is 0 Å². The highest BCUT2D eigenvalue weighted by atomic mass is 35.5. The molecule has 8 nitrogen and oxygen atoms in total. The molecule has 2 fully saturated rings. The fourth-order valence-corrected chi connectivity index (χ4v) is 5.01. The lowest BCUT2D eigenvalue weighted by Gasteiger charge is -2.51. The van der Waals surface area contributed by atoms with Crippen LogP contribution in [0.2, 0.25) is 5.02 Å². The lowest BCUT2D eigenvalue weighted by molar-refractivity contribution is -0.149. The highest BCUT2D eigenvalue weighted by Crippen LogP contribution is 2.31. The van der Waals surface area contributed by atoms with E-state index in [4.69, 9.17) is 16.3 Å². The van der Waals surface area contributed by atoms with E-state index in [2.05, 4.69) is 43.9 Å². The van der Waals surface area contributed by atoms with Gasteiger partial charge >= 0.3 is 0 Å². The number of H-pyrrole nitrogens is 1. The van der Waals surface area contributed by atoms with E-state index in [1.807, 2.05) is 36.5 Å². The van der Waals surface area contributed by atoms with E-state index < -0.39 is 0 Å². The van der Waals surface area contributed by atoms with Crippen LogP contribution in [0.5, 0.6) is 0 Å². The predicted molar refractivity (Wildman–Crippen MR) is 129 cm³/mol. The molecule has 2 N–H and O–H groups in total. The number of rotatable bonds is 6. The first-order valence-corrected chi connectivity index (χ1v) is 11.8. The van der Waals surface area contributed by atoms with Crippen molar-refractivity contribution in [3.63, 3.8) is 0 Å². The van der Waals surface area contributed by atoms with Crippen molar-refractivity contribution in [2.24, 2.45) is 0 Å². The zero-order chi connectivity index (χ0) is 22.9. The number of carbonyl (C=O) groups is 1. The van der Waals surface area contributed by atoms with Crippen LogP contribution in [-0.4, -0.2) is 76.7 Å². The second-order valence-corrected chi connectivity index (χ2v) is 9.54.